The zero-order valence-corrected chi connectivity index (χ0v) is 14.3. The van der Waals surface area contributed by atoms with Crippen LogP contribution in [0.25, 0.3) is 10.2 Å². The summed E-state index contributed by atoms with van der Waals surface area (Å²) in [6.07, 6.45) is -0.520. The van der Waals surface area contributed by atoms with Crippen LogP contribution in [-0.2, 0) is 20.7 Å². The first-order valence-corrected chi connectivity index (χ1v) is 8.32. The van der Waals surface area contributed by atoms with Crippen LogP contribution in [0.15, 0.2) is 24.3 Å². The van der Waals surface area contributed by atoms with Gasteiger partial charge in [0.25, 0.3) is 5.91 Å². The molecule has 7 nitrogen and oxygen atoms in total. The minimum Gasteiger partial charge on any atom is -0.452 e. The molecule has 0 fully saturated rings. The lowest BCUT2D eigenvalue weighted by Gasteiger charge is -2.19. The molecule has 3 amide bonds. The van der Waals surface area contributed by atoms with Gasteiger partial charge in [0.2, 0.25) is 0 Å². The fourth-order valence-corrected chi connectivity index (χ4v) is 3.09. The first-order chi connectivity index (χ1) is 11.4. The van der Waals surface area contributed by atoms with Gasteiger partial charge in [0.1, 0.15) is 0 Å². The number of nitrogens with zero attached hydrogens (tertiary/aromatic N) is 1. The van der Waals surface area contributed by atoms with Crippen molar-refractivity contribution in [3.63, 3.8) is 0 Å². The number of aromatic nitrogens is 1. The van der Waals surface area contributed by atoms with E-state index in [0.717, 1.165) is 15.2 Å². The highest BCUT2D eigenvalue weighted by Crippen LogP contribution is 2.22. The van der Waals surface area contributed by atoms with Gasteiger partial charge in [-0.05, 0) is 18.1 Å². The van der Waals surface area contributed by atoms with E-state index >= 15 is 0 Å². The van der Waals surface area contributed by atoms with Crippen molar-refractivity contribution in [1.82, 2.24) is 10.3 Å². The standard InChI is InChI=1S/C16H19N3O4S/c1-9(2)14(15(21)19-16(17)22)23-13(20)8-7-12-18-10-5-3-4-6-11(10)24-12/h3-6,9,14H,7-8H2,1-2H3,(H3,17,19,21,22)/t14-/m0/s1. The average Bonchev–Trinajstić information content (AvgIpc) is 2.92. The van der Waals surface area contributed by atoms with Gasteiger partial charge in [0.05, 0.1) is 21.6 Å². The van der Waals surface area contributed by atoms with E-state index in [2.05, 4.69) is 4.98 Å². The number of nitrogens with two attached hydrogens (primary N) is 1. The van der Waals surface area contributed by atoms with Crippen molar-refractivity contribution in [2.45, 2.75) is 32.8 Å². The van der Waals surface area contributed by atoms with Crippen LogP contribution < -0.4 is 11.1 Å². The molecule has 0 radical (unpaired) electrons. The van der Waals surface area contributed by atoms with Gasteiger partial charge < -0.3 is 10.5 Å². The number of hydrogen-bond acceptors (Lipinski definition) is 6. The summed E-state index contributed by atoms with van der Waals surface area (Å²) in [5, 5.41) is 2.76. The number of amides is 3. The van der Waals surface area contributed by atoms with Gasteiger partial charge in [-0.2, -0.15) is 0 Å². The number of thiazole rings is 1. The van der Waals surface area contributed by atoms with Crippen molar-refractivity contribution in [3.05, 3.63) is 29.3 Å². The lowest BCUT2D eigenvalue weighted by molar-refractivity contribution is -0.158. The van der Waals surface area contributed by atoms with Crippen molar-refractivity contribution in [1.29, 1.82) is 0 Å². The maximum Gasteiger partial charge on any atom is 0.318 e. The number of primary amides is 1. The zero-order valence-electron chi connectivity index (χ0n) is 13.4. The summed E-state index contributed by atoms with van der Waals surface area (Å²) in [6.45, 7) is 3.43. The van der Waals surface area contributed by atoms with Gasteiger partial charge >= 0.3 is 12.0 Å². The second kappa shape index (κ2) is 7.87. The second-order valence-corrected chi connectivity index (χ2v) is 6.70. The number of ether oxygens (including phenoxy) is 1. The number of nitrogens with one attached hydrogen (secondary N) is 1. The smallest absolute Gasteiger partial charge is 0.318 e. The maximum atomic E-state index is 12.0. The van der Waals surface area contributed by atoms with Gasteiger partial charge in [0, 0.05) is 6.42 Å². The summed E-state index contributed by atoms with van der Waals surface area (Å²) < 4.78 is 6.25. The third-order valence-corrected chi connectivity index (χ3v) is 4.35. The first-order valence-electron chi connectivity index (χ1n) is 7.51. The predicted octanol–water partition coefficient (Wildman–Crippen LogP) is 1.99. The third kappa shape index (κ3) is 4.76. The van der Waals surface area contributed by atoms with Crippen LogP contribution in [0.2, 0.25) is 0 Å². The van der Waals surface area contributed by atoms with Gasteiger partial charge in [-0.3, -0.25) is 14.9 Å². The van der Waals surface area contributed by atoms with Crippen LogP contribution in [0.4, 0.5) is 4.79 Å². The van der Waals surface area contributed by atoms with Crippen LogP contribution in [0, 0.1) is 5.92 Å². The summed E-state index contributed by atoms with van der Waals surface area (Å²) in [7, 11) is 0. The van der Waals surface area contributed by atoms with Gasteiger partial charge in [-0.15, -0.1) is 11.3 Å². The Labute approximate surface area is 143 Å². The van der Waals surface area contributed by atoms with E-state index in [1.165, 1.54) is 11.3 Å². The number of imide groups is 1. The normalized spacial score (nSPS) is 12.1. The number of carbonyl (C=O) groups excluding carboxylic acids is 3. The molecule has 128 valence electrons. The lowest BCUT2D eigenvalue weighted by atomic mass is 10.1. The van der Waals surface area contributed by atoms with E-state index in [-0.39, 0.29) is 12.3 Å². The Morgan fingerprint density at radius 1 is 1.29 bits per heavy atom. The molecule has 1 heterocycles. The molecular weight excluding hydrogens is 330 g/mol. The minimum atomic E-state index is -1.06. The number of hydrogen-bond donors (Lipinski definition) is 2. The van der Waals surface area contributed by atoms with Gasteiger partial charge in [-0.25, -0.2) is 9.78 Å². The summed E-state index contributed by atoms with van der Waals surface area (Å²) in [5.74, 6) is -1.52. The number of fused-ring (bicyclic) bond motifs is 1. The molecule has 0 bridgehead atoms. The summed E-state index contributed by atoms with van der Waals surface area (Å²) >= 11 is 1.52. The first kappa shape index (κ1) is 17.9. The SMILES string of the molecule is CC(C)[C@H](OC(=O)CCc1nc2ccccc2s1)C(=O)NC(N)=O. The fourth-order valence-electron chi connectivity index (χ4n) is 2.12. The van der Waals surface area contributed by atoms with Crippen LogP contribution in [0.3, 0.4) is 0 Å². The predicted molar refractivity (Wildman–Crippen MR) is 90.4 cm³/mol. The molecule has 1 atom stereocenters. The molecule has 0 aliphatic rings. The van der Waals surface area contributed by atoms with E-state index in [1.807, 2.05) is 29.6 Å². The maximum absolute atomic E-state index is 12.0. The highest BCUT2D eigenvalue weighted by molar-refractivity contribution is 7.18. The van der Waals surface area contributed by atoms with Gasteiger partial charge in [0.15, 0.2) is 6.10 Å². The summed E-state index contributed by atoms with van der Waals surface area (Å²) in [4.78, 5) is 39.0. The molecule has 0 saturated heterocycles. The molecule has 0 saturated carbocycles. The third-order valence-electron chi connectivity index (χ3n) is 3.25. The number of urea groups is 1. The Morgan fingerprint density at radius 2 is 2.00 bits per heavy atom. The Kier molecular flexibility index (Phi) is 5.86. The van der Waals surface area contributed by atoms with Crippen LogP contribution in [0.5, 0.6) is 0 Å². The van der Waals surface area contributed by atoms with E-state index in [1.54, 1.807) is 13.8 Å². The molecule has 1 aromatic carbocycles. The van der Waals surface area contributed by atoms with Crippen molar-refractivity contribution in [2.75, 3.05) is 0 Å². The van der Waals surface area contributed by atoms with Crippen LogP contribution >= 0.6 is 11.3 Å². The van der Waals surface area contributed by atoms with Crippen molar-refractivity contribution in [3.8, 4) is 0 Å². The Hall–Kier alpha value is -2.48. The van der Waals surface area contributed by atoms with Gasteiger partial charge in [-0.1, -0.05) is 26.0 Å². The number of para-hydroxylation sites is 1. The molecule has 2 rings (SSSR count). The number of carbonyl (C=O) groups is 3. The molecule has 3 N–H and O–H groups in total. The van der Waals surface area contributed by atoms with Crippen LogP contribution in [-0.4, -0.2) is 29.0 Å². The van der Waals surface area contributed by atoms with Crippen molar-refractivity contribution < 1.29 is 19.1 Å². The largest absolute Gasteiger partial charge is 0.452 e. The molecular formula is C16H19N3O4S. The monoisotopic (exact) mass is 349 g/mol. The van der Waals surface area contributed by atoms with E-state index in [0.29, 0.717) is 6.42 Å². The zero-order chi connectivity index (χ0) is 17.7. The molecule has 0 aliphatic carbocycles. The Morgan fingerprint density at radius 3 is 2.62 bits per heavy atom. The highest BCUT2D eigenvalue weighted by atomic mass is 32.1. The molecule has 8 heteroatoms. The fraction of sp³-hybridized carbons (Fsp3) is 0.375. The lowest BCUT2D eigenvalue weighted by Crippen LogP contribution is -2.45. The van der Waals surface area contributed by atoms with Crippen molar-refractivity contribution in [2.24, 2.45) is 11.7 Å². The van der Waals surface area contributed by atoms with E-state index in [9.17, 15) is 14.4 Å². The quantitative estimate of drug-likeness (QED) is 0.775. The molecule has 2 aromatic rings. The molecule has 24 heavy (non-hydrogen) atoms. The molecule has 0 spiro atoms. The second-order valence-electron chi connectivity index (χ2n) is 5.58. The minimum absolute atomic E-state index is 0.104. The summed E-state index contributed by atoms with van der Waals surface area (Å²) in [6, 6.07) is 6.75. The average molecular weight is 349 g/mol. The van der Waals surface area contributed by atoms with Crippen LogP contribution in [0.1, 0.15) is 25.3 Å². The molecule has 1 aromatic heterocycles. The number of aryl methyl sites for hydroxylation is 1. The Bertz CT molecular complexity index is 724. The summed E-state index contributed by atoms with van der Waals surface area (Å²) in [5.41, 5.74) is 5.81. The number of benzene rings is 1. The highest BCUT2D eigenvalue weighted by Gasteiger charge is 2.27. The topological polar surface area (TPSA) is 111 Å². The Balaban J connectivity index is 1.93. The number of rotatable bonds is 6. The van der Waals surface area contributed by atoms with E-state index in [4.69, 9.17) is 10.5 Å². The van der Waals surface area contributed by atoms with Crippen molar-refractivity contribution >= 4 is 39.5 Å². The molecule has 0 unspecified atom stereocenters. The molecule has 0 aliphatic heterocycles. The number of esters is 1. The van der Waals surface area contributed by atoms with E-state index < -0.39 is 24.0 Å².